The summed E-state index contributed by atoms with van der Waals surface area (Å²) in [6.07, 6.45) is -0.656. The van der Waals surface area contributed by atoms with Crippen molar-refractivity contribution in [3.05, 3.63) is 48.0 Å². The average molecular weight is 381 g/mol. The zero-order valence-electron chi connectivity index (χ0n) is 16.5. The average Bonchev–Trinajstić information content (AvgIpc) is 2.73. The molecule has 2 aliphatic heterocycles. The van der Waals surface area contributed by atoms with Gasteiger partial charge in [-0.1, -0.05) is 19.1 Å². The summed E-state index contributed by atoms with van der Waals surface area (Å²) in [6, 6.07) is 13.5. The third kappa shape index (κ3) is 3.92. The summed E-state index contributed by atoms with van der Waals surface area (Å²) < 4.78 is 11.4. The van der Waals surface area contributed by atoms with E-state index in [-0.39, 0.29) is 12.5 Å². The van der Waals surface area contributed by atoms with Gasteiger partial charge in [0.2, 0.25) is 6.10 Å². The Hall–Kier alpha value is -2.73. The van der Waals surface area contributed by atoms with Crippen molar-refractivity contribution in [3.63, 3.8) is 0 Å². The Morgan fingerprint density at radius 2 is 1.86 bits per heavy atom. The van der Waals surface area contributed by atoms with Crippen LogP contribution in [0.3, 0.4) is 0 Å². The number of ether oxygens (including phenoxy) is 2. The summed E-state index contributed by atoms with van der Waals surface area (Å²) >= 11 is 0. The van der Waals surface area contributed by atoms with Gasteiger partial charge in [0, 0.05) is 37.6 Å². The predicted molar refractivity (Wildman–Crippen MR) is 110 cm³/mol. The number of nitrogens with one attached hydrogen (secondary N) is 1. The minimum atomic E-state index is -0.656. The number of likely N-dealkylation sites (N-methyl/N-ethyl adjacent to an activating group) is 1. The highest BCUT2D eigenvalue weighted by molar-refractivity contribution is 5.95. The van der Waals surface area contributed by atoms with E-state index in [4.69, 9.17) is 9.47 Å². The lowest BCUT2D eigenvalue weighted by molar-refractivity contribution is -0.125. The molecule has 0 aromatic heterocycles. The Morgan fingerprint density at radius 1 is 1.11 bits per heavy atom. The molecule has 148 valence electrons. The van der Waals surface area contributed by atoms with Gasteiger partial charge in [0.05, 0.1) is 0 Å². The van der Waals surface area contributed by atoms with Crippen molar-refractivity contribution in [1.29, 1.82) is 0 Å². The quantitative estimate of drug-likeness (QED) is 0.883. The largest absolute Gasteiger partial charge is 0.485 e. The first-order chi connectivity index (χ1) is 13.6. The number of hydrogen-bond acceptors (Lipinski definition) is 5. The number of rotatable bonds is 4. The fourth-order valence-corrected chi connectivity index (χ4v) is 3.76. The number of nitrogens with zero attached hydrogens (tertiary/aromatic N) is 2. The SMILES string of the molecule is CCN1CCN(c2ccc(NC(=O)[C@H]3COc4ccccc4O3)cc2C)CC1. The molecule has 28 heavy (non-hydrogen) atoms. The number of carbonyl (C=O) groups excluding carboxylic acids is 1. The van der Waals surface area contributed by atoms with Crippen LogP contribution in [0.1, 0.15) is 12.5 Å². The molecule has 0 saturated carbocycles. The number of benzene rings is 2. The smallest absolute Gasteiger partial charge is 0.269 e. The van der Waals surface area contributed by atoms with E-state index in [1.165, 1.54) is 5.69 Å². The summed E-state index contributed by atoms with van der Waals surface area (Å²) in [5.41, 5.74) is 3.18. The number of amides is 1. The molecule has 0 unspecified atom stereocenters. The maximum Gasteiger partial charge on any atom is 0.269 e. The van der Waals surface area contributed by atoms with Gasteiger partial charge in [-0.05, 0) is 49.4 Å². The Kier molecular flexibility index (Phi) is 5.39. The summed E-state index contributed by atoms with van der Waals surface area (Å²) in [4.78, 5) is 17.5. The lowest BCUT2D eigenvalue weighted by atomic mass is 10.1. The zero-order chi connectivity index (χ0) is 19.5. The van der Waals surface area contributed by atoms with E-state index in [0.717, 1.165) is 44.0 Å². The summed E-state index contributed by atoms with van der Waals surface area (Å²) in [5, 5.41) is 2.96. The van der Waals surface area contributed by atoms with Gasteiger partial charge in [0.1, 0.15) is 6.61 Å². The molecular weight excluding hydrogens is 354 g/mol. The van der Waals surface area contributed by atoms with Crippen LogP contribution in [0.4, 0.5) is 11.4 Å². The zero-order valence-corrected chi connectivity index (χ0v) is 16.5. The predicted octanol–water partition coefficient (Wildman–Crippen LogP) is 2.92. The first kappa shape index (κ1) is 18.6. The minimum Gasteiger partial charge on any atom is -0.485 e. The summed E-state index contributed by atoms with van der Waals surface area (Å²) in [7, 11) is 0. The molecule has 1 saturated heterocycles. The third-order valence-corrected chi connectivity index (χ3v) is 5.43. The number of aryl methyl sites for hydroxylation is 1. The van der Waals surface area contributed by atoms with E-state index < -0.39 is 6.10 Å². The number of fused-ring (bicyclic) bond motifs is 1. The van der Waals surface area contributed by atoms with E-state index in [1.54, 1.807) is 0 Å². The molecule has 1 N–H and O–H groups in total. The summed E-state index contributed by atoms with van der Waals surface area (Å²) in [6.45, 7) is 9.87. The molecular formula is C22H27N3O3. The molecule has 0 aliphatic carbocycles. The van der Waals surface area contributed by atoms with Crippen molar-refractivity contribution in [2.24, 2.45) is 0 Å². The van der Waals surface area contributed by atoms with Crippen molar-refractivity contribution < 1.29 is 14.3 Å². The van der Waals surface area contributed by atoms with Crippen molar-refractivity contribution in [3.8, 4) is 11.5 Å². The second kappa shape index (κ2) is 8.10. The highest BCUT2D eigenvalue weighted by atomic mass is 16.6. The van der Waals surface area contributed by atoms with Gasteiger partial charge < -0.3 is 24.6 Å². The van der Waals surface area contributed by atoms with Crippen molar-refractivity contribution in [2.45, 2.75) is 20.0 Å². The van der Waals surface area contributed by atoms with Gasteiger partial charge in [0.15, 0.2) is 11.5 Å². The van der Waals surface area contributed by atoms with E-state index >= 15 is 0 Å². The first-order valence-electron chi connectivity index (χ1n) is 9.91. The second-order valence-corrected chi connectivity index (χ2v) is 7.28. The molecule has 4 rings (SSSR count). The maximum atomic E-state index is 12.6. The first-order valence-corrected chi connectivity index (χ1v) is 9.91. The standard InChI is InChI=1S/C22H27N3O3/c1-3-24-10-12-25(13-11-24)18-9-8-17(14-16(18)2)23-22(26)21-15-27-19-6-4-5-7-20(19)28-21/h4-9,14,21H,3,10-13,15H2,1-2H3,(H,23,26)/t21-/m1/s1. The number of hydrogen-bond donors (Lipinski definition) is 1. The molecule has 2 heterocycles. The molecule has 6 nitrogen and oxygen atoms in total. The van der Waals surface area contributed by atoms with Crippen LogP contribution in [-0.4, -0.2) is 56.2 Å². The van der Waals surface area contributed by atoms with Crippen LogP contribution in [-0.2, 0) is 4.79 Å². The van der Waals surface area contributed by atoms with Crippen molar-refractivity contribution in [2.75, 3.05) is 49.5 Å². The monoisotopic (exact) mass is 381 g/mol. The molecule has 1 fully saturated rings. The number of carbonyl (C=O) groups is 1. The number of para-hydroxylation sites is 2. The highest BCUT2D eigenvalue weighted by Gasteiger charge is 2.27. The van der Waals surface area contributed by atoms with Crippen LogP contribution in [0.2, 0.25) is 0 Å². The Labute approximate surface area is 166 Å². The Bertz CT molecular complexity index is 847. The van der Waals surface area contributed by atoms with Gasteiger partial charge in [-0.15, -0.1) is 0 Å². The molecule has 6 heteroatoms. The molecule has 0 spiro atoms. The molecule has 1 atom stereocenters. The van der Waals surface area contributed by atoms with Crippen LogP contribution in [0, 0.1) is 6.92 Å². The third-order valence-electron chi connectivity index (χ3n) is 5.43. The van der Waals surface area contributed by atoms with Crippen LogP contribution in [0.15, 0.2) is 42.5 Å². The number of piperazine rings is 1. The van der Waals surface area contributed by atoms with E-state index in [2.05, 4.69) is 35.0 Å². The maximum absolute atomic E-state index is 12.6. The van der Waals surface area contributed by atoms with Gasteiger partial charge >= 0.3 is 0 Å². The van der Waals surface area contributed by atoms with Crippen LogP contribution in [0.5, 0.6) is 11.5 Å². The van der Waals surface area contributed by atoms with Crippen molar-refractivity contribution in [1.82, 2.24) is 4.90 Å². The van der Waals surface area contributed by atoms with Gasteiger partial charge in [-0.2, -0.15) is 0 Å². The Balaban J connectivity index is 1.39. The van der Waals surface area contributed by atoms with E-state index in [1.807, 2.05) is 36.4 Å². The summed E-state index contributed by atoms with van der Waals surface area (Å²) in [5.74, 6) is 1.08. The van der Waals surface area contributed by atoms with Gasteiger partial charge in [-0.3, -0.25) is 4.79 Å². The van der Waals surface area contributed by atoms with Gasteiger partial charge in [0.25, 0.3) is 5.91 Å². The number of anilines is 2. The van der Waals surface area contributed by atoms with Crippen LogP contribution >= 0.6 is 0 Å². The fraction of sp³-hybridized carbons (Fsp3) is 0.409. The molecule has 2 aliphatic rings. The van der Waals surface area contributed by atoms with E-state index in [9.17, 15) is 4.79 Å². The Morgan fingerprint density at radius 3 is 2.57 bits per heavy atom. The minimum absolute atomic E-state index is 0.196. The lowest BCUT2D eigenvalue weighted by Gasteiger charge is -2.36. The van der Waals surface area contributed by atoms with Gasteiger partial charge in [-0.25, -0.2) is 0 Å². The van der Waals surface area contributed by atoms with Crippen LogP contribution in [0.25, 0.3) is 0 Å². The fourth-order valence-electron chi connectivity index (χ4n) is 3.76. The normalized spacial score (nSPS) is 19.4. The topological polar surface area (TPSA) is 54.0 Å². The van der Waals surface area contributed by atoms with Crippen molar-refractivity contribution >= 4 is 17.3 Å². The molecule has 2 aromatic rings. The van der Waals surface area contributed by atoms with Crippen LogP contribution < -0.4 is 19.7 Å². The molecule has 1 amide bonds. The second-order valence-electron chi connectivity index (χ2n) is 7.28. The molecule has 0 radical (unpaired) electrons. The molecule has 0 bridgehead atoms. The lowest BCUT2D eigenvalue weighted by Crippen LogP contribution is -2.46. The highest BCUT2D eigenvalue weighted by Crippen LogP contribution is 2.31. The molecule has 2 aromatic carbocycles. The van der Waals surface area contributed by atoms with E-state index in [0.29, 0.717) is 11.5 Å².